The Morgan fingerprint density at radius 1 is 0.949 bits per heavy atom. The van der Waals surface area contributed by atoms with Gasteiger partial charge in [-0.2, -0.15) is 13.2 Å². The third-order valence-electron chi connectivity index (χ3n) is 5.45. The van der Waals surface area contributed by atoms with Crippen LogP contribution in [0.1, 0.15) is 34.5 Å². The SMILES string of the molecule is Cc1cc(C(C)Nc2cccc(F)c2C(=O)O)c2oc(-c3ccccc3F)cc(=O)c2c1.O=C(O)C(F)(F)F. The Morgan fingerprint density at radius 3 is 2.15 bits per heavy atom. The summed E-state index contributed by atoms with van der Waals surface area (Å²) in [5, 5.41) is 19.8. The number of aromatic carboxylic acids is 1. The van der Waals surface area contributed by atoms with Crippen molar-refractivity contribution in [1.29, 1.82) is 0 Å². The number of rotatable bonds is 5. The fourth-order valence-electron chi connectivity index (χ4n) is 3.72. The van der Waals surface area contributed by atoms with Crippen LogP contribution in [0.15, 0.2) is 69.9 Å². The molecule has 4 aromatic rings. The Morgan fingerprint density at radius 2 is 1.56 bits per heavy atom. The molecule has 0 aliphatic heterocycles. The first kappa shape index (κ1) is 28.8. The number of carbonyl (C=O) groups is 2. The maximum Gasteiger partial charge on any atom is 0.490 e. The lowest BCUT2D eigenvalue weighted by Gasteiger charge is -2.19. The van der Waals surface area contributed by atoms with E-state index in [9.17, 15) is 36.6 Å². The van der Waals surface area contributed by atoms with Crippen molar-refractivity contribution in [2.45, 2.75) is 26.1 Å². The molecule has 12 heteroatoms. The number of halogens is 5. The molecule has 204 valence electrons. The first-order valence-corrected chi connectivity index (χ1v) is 11.1. The van der Waals surface area contributed by atoms with Gasteiger partial charge in [0.15, 0.2) is 5.43 Å². The molecule has 39 heavy (non-hydrogen) atoms. The second-order valence-electron chi connectivity index (χ2n) is 8.32. The van der Waals surface area contributed by atoms with Crippen LogP contribution >= 0.6 is 0 Å². The monoisotopic (exact) mass is 549 g/mol. The molecule has 0 saturated heterocycles. The van der Waals surface area contributed by atoms with Crippen LogP contribution in [0.2, 0.25) is 0 Å². The van der Waals surface area contributed by atoms with Gasteiger partial charge in [-0.15, -0.1) is 0 Å². The van der Waals surface area contributed by atoms with Crippen molar-refractivity contribution in [1.82, 2.24) is 0 Å². The van der Waals surface area contributed by atoms with E-state index < -0.39 is 41.4 Å². The van der Waals surface area contributed by atoms with Crippen LogP contribution in [-0.2, 0) is 4.79 Å². The van der Waals surface area contributed by atoms with Gasteiger partial charge in [-0.1, -0.05) is 24.3 Å². The van der Waals surface area contributed by atoms with Crippen molar-refractivity contribution in [2.24, 2.45) is 0 Å². The number of benzene rings is 3. The first-order chi connectivity index (χ1) is 18.2. The molecule has 1 unspecified atom stereocenters. The summed E-state index contributed by atoms with van der Waals surface area (Å²) in [7, 11) is 0. The highest BCUT2D eigenvalue weighted by molar-refractivity contribution is 5.94. The second kappa shape index (κ2) is 11.3. The Labute approximate surface area is 217 Å². The highest BCUT2D eigenvalue weighted by Gasteiger charge is 2.38. The molecule has 0 saturated carbocycles. The van der Waals surface area contributed by atoms with Crippen molar-refractivity contribution in [3.05, 3.63) is 99.2 Å². The molecule has 1 aromatic heterocycles. The van der Waals surface area contributed by atoms with Gasteiger partial charge < -0.3 is 19.9 Å². The van der Waals surface area contributed by atoms with E-state index in [4.69, 9.17) is 14.3 Å². The normalized spacial score (nSPS) is 11.9. The predicted octanol–water partition coefficient (Wildman–Crippen LogP) is 6.55. The van der Waals surface area contributed by atoms with E-state index in [0.717, 1.165) is 11.6 Å². The number of anilines is 1. The second-order valence-corrected chi connectivity index (χ2v) is 8.32. The highest BCUT2D eigenvalue weighted by Crippen LogP contribution is 2.32. The maximum atomic E-state index is 14.3. The number of hydrogen-bond acceptors (Lipinski definition) is 5. The molecule has 1 heterocycles. The molecule has 0 fully saturated rings. The lowest BCUT2D eigenvalue weighted by Crippen LogP contribution is -2.21. The van der Waals surface area contributed by atoms with Crippen LogP contribution in [0.4, 0.5) is 27.6 Å². The smallest absolute Gasteiger partial charge is 0.478 e. The number of aryl methyl sites for hydroxylation is 1. The fourth-order valence-corrected chi connectivity index (χ4v) is 3.72. The molecule has 0 radical (unpaired) electrons. The predicted molar refractivity (Wildman–Crippen MR) is 132 cm³/mol. The zero-order chi connectivity index (χ0) is 29.1. The zero-order valence-corrected chi connectivity index (χ0v) is 20.3. The van der Waals surface area contributed by atoms with Crippen LogP contribution in [0.25, 0.3) is 22.3 Å². The van der Waals surface area contributed by atoms with Gasteiger partial charge in [0.2, 0.25) is 0 Å². The fraction of sp³-hybridized carbons (Fsp3) is 0.148. The molecule has 3 N–H and O–H groups in total. The van der Waals surface area contributed by atoms with Gasteiger partial charge in [0, 0.05) is 11.6 Å². The third-order valence-corrected chi connectivity index (χ3v) is 5.45. The van der Waals surface area contributed by atoms with Gasteiger partial charge in [0.05, 0.1) is 22.7 Å². The van der Waals surface area contributed by atoms with Gasteiger partial charge in [-0.25, -0.2) is 18.4 Å². The summed E-state index contributed by atoms with van der Waals surface area (Å²) in [6, 6.07) is 14.1. The number of fused-ring (bicyclic) bond motifs is 1. The minimum absolute atomic E-state index is 0.0786. The van der Waals surface area contributed by atoms with Crippen molar-refractivity contribution in [3.63, 3.8) is 0 Å². The summed E-state index contributed by atoms with van der Waals surface area (Å²) in [6.45, 7) is 3.55. The molecule has 1 atom stereocenters. The van der Waals surface area contributed by atoms with Crippen LogP contribution < -0.4 is 10.7 Å². The number of hydrogen-bond donors (Lipinski definition) is 3. The molecule has 0 bridgehead atoms. The Hall–Kier alpha value is -4.74. The number of aliphatic carboxylic acids is 1. The standard InChI is InChI=1S/C25H19F2NO4.C2HF3O2/c1-13-10-16(14(2)28-20-9-5-8-19(27)23(20)25(30)31)24-17(11-13)21(29)12-22(32-24)15-6-3-4-7-18(15)26;3-2(4,5)1(6)7/h3-12,14,28H,1-2H3,(H,30,31);(H,6,7). The van der Waals surface area contributed by atoms with Gasteiger partial charge in [-0.3, -0.25) is 4.79 Å². The number of carboxylic acids is 2. The molecular formula is C27H20F5NO6. The first-order valence-electron chi connectivity index (χ1n) is 11.1. The average molecular weight is 549 g/mol. The Balaban J connectivity index is 0.000000532. The summed E-state index contributed by atoms with van der Waals surface area (Å²) < 4.78 is 66.1. The number of alkyl halides is 3. The van der Waals surface area contributed by atoms with E-state index in [-0.39, 0.29) is 28.0 Å². The molecule has 0 aliphatic rings. The van der Waals surface area contributed by atoms with E-state index in [0.29, 0.717) is 10.9 Å². The van der Waals surface area contributed by atoms with Crippen LogP contribution in [-0.4, -0.2) is 28.3 Å². The number of carboxylic acid groups (broad SMARTS) is 2. The zero-order valence-electron chi connectivity index (χ0n) is 20.3. The molecule has 3 aromatic carbocycles. The average Bonchev–Trinajstić information content (AvgIpc) is 2.84. The van der Waals surface area contributed by atoms with E-state index in [2.05, 4.69) is 5.32 Å². The topological polar surface area (TPSA) is 117 Å². The highest BCUT2D eigenvalue weighted by atomic mass is 19.4. The van der Waals surface area contributed by atoms with Gasteiger partial charge >= 0.3 is 18.1 Å². The van der Waals surface area contributed by atoms with Gasteiger partial charge in [-0.05, 0) is 49.7 Å². The molecule has 4 rings (SSSR count). The lowest BCUT2D eigenvalue weighted by molar-refractivity contribution is -0.192. The van der Waals surface area contributed by atoms with Crippen molar-refractivity contribution >= 4 is 28.6 Å². The molecule has 0 amide bonds. The summed E-state index contributed by atoms with van der Waals surface area (Å²) in [4.78, 5) is 33.3. The molecule has 7 nitrogen and oxygen atoms in total. The summed E-state index contributed by atoms with van der Waals surface area (Å²) in [5.74, 6) is -5.47. The Bertz CT molecular complexity index is 1610. The van der Waals surface area contributed by atoms with E-state index in [1.54, 1.807) is 25.1 Å². The minimum Gasteiger partial charge on any atom is -0.478 e. The summed E-state index contributed by atoms with van der Waals surface area (Å²) in [6.07, 6.45) is -5.08. The van der Waals surface area contributed by atoms with Crippen LogP contribution in [0.3, 0.4) is 0 Å². The van der Waals surface area contributed by atoms with Gasteiger partial charge in [0.1, 0.15) is 28.5 Å². The van der Waals surface area contributed by atoms with E-state index in [1.165, 1.54) is 36.4 Å². The van der Waals surface area contributed by atoms with Crippen molar-refractivity contribution in [3.8, 4) is 11.3 Å². The maximum absolute atomic E-state index is 14.3. The third kappa shape index (κ3) is 6.58. The van der Waals surface area contributed by atoms with Crippen LogP contribution in [0, 0.1) is 18.6 Å². The molecule has 0 spiro atoms. The van der Waals surface area contributed by atoms with Crippen molar-refractivity contribution in [2.75, 3.05) is 5.32 Å². The van der Waals surface area contributed by atoms with E-state index >= 15 is 0 Å². The van der Waals surface area contributed by atoms with Crippen molar-refractivity contribution < 1.29 is 46.2 Å². The largest absolute Gasteiger partial charge is 0.490 e. The summed E-state index contributed by atoms with van der Waals surface area (Å²) in [5.41, 5.74) is 1.00. The van der Waals surface area contributed by atoms with Gasteiger partial charge in [0.25, 0.3) is 0 Å². The quantitative estimate of drug-likeness (QED) is 0.242. The molecule has 0 aliphatic carbocycles. The van der Waals surface area contributed by atoms with E-state index in [1.807, 2.05) is 6.92 Å². The Kier molecular flexibility index (Phi) is 8.38. The lowest BCUT2D eigenvalue weighted by atomic mass is 10.00. The minimum atomic E-state index is -5.08. The molecular weight excluding hydrogens is 529 g/mol. The summed E-state index contributed by atoms with van der Waals surface area (Å²) >= 11 is 0. The van der Waals surface area contributed by atoms with Crippen LogP contribution in [0.5, 0.6) is 0 Å². The number of nitrogens with one attached hydrogen (secondary N) is 1.